The standard InChI is InChI=1S/C24H23FN2O8/c1-31-17-8-7-14(5-6-15-10-19(32-2)22(34-4)20(11-15)33-3)9-18(17)35-21(28)13-27-12-16(25)23(29)26-24(27)30/h5-12H,13H2,1-4H3,(H,26,29,30)/b6-5-. The highest BCUT2D eigenvalue weighted by Gasteiger charge is 2.14. The van der Waals surface area contributed by atoms with Crippen molar-refractivity contribution >= 4 is 18.1 Å². The number of methoxy groups -OCH3 is 4. The van der Waals surface area contributed by atoms with Crippen molar-refractivity contribution in [3.8, 4) is 28.7 Å². The van der Waals surface area contributed by atoms with Crippen molar-refractivity contribution in [3.63, 3.8) is 0 Å². The van der Waals surface area contributed by atoms with Gasteiger partial charge in [-0.1, -0.05) is 18.2 Å². The van der Waals surface area contributed by atoms with Crippen LogP contribution in [0.2, 0.25) is 0 Å². The van der Waals surface area contributed by atoms with Gasteiger partial charge in [0.25, 0.3) is 5.56 Å². The zero-order chi connectivity index (χ0) is 25.5. The van der Waals surface area contributed by atoms with Crippen LogP contribution < -0.4 is 34.9 Å². The van der Waals surface area contributed by atoms with E-state index in [9.17, 15) is 18.8 Å². The van der Waals surface area contributed by atoms with Crippen LogP contribution in [0, 0.1) is 5.82 Å². The first-order valence-electron chi connectivity index (χ1n) is 10.2. The van der Waals surface area contributed by atoms with Crippen LogP contribution in [0.1, 0.15) is 11.1 Å². The summed E-state index contributed by atoms with van der Waals surface area (Å²) >= 11 is 0. The molecule has 184 valence electrons. The van der Waals surface area contributed by atoms with Crippen LogP contribution in [0.25, 0.3) is 12.2 Å². The lowest BCUT2D eigenvalue weighted by atomic mass is 10.1. The topological polar surface area (TPSA) is 118 Å². The third-order valence-electron chi connectivity index (χ3n) is 4.83. The number of carbonyl (C=O) groups is 1. The summed E-state index contributed by atoms with van der Waals surface area (Å²) in [6, 6.07) is 8.43. The Balaban J connectivity index is 1.84. The maximum absolute atomic E-state index is 13.5. The molecule has 0 unspecified atom stereocenters. The minimum Gasteiger partial charge on any atom is -0.493 e. The monoisotopic (exact) mass is 486 g/mol. The molecule has 10 nitrogen and oxygen atoms in total. The van der Waals surface area contributed by atoms with Crippen molar-refractivity contribution in [1.29, 1.82) is 0 Å². The molecule has 0 atom stereocenters. The van der Waals surface area contributed by atoms with E-state index in [0.717, 1.165) is 5.56 Å². The van der Waals surface area contributed by atoms with Crippen LogP contribution in [0.4, 0.5) is 4.39 Å². The molecule has 0 amide bonds. The van der Waals surface area contributed by atoms with Gasteiger partial charge in [-0.05, 0) is 35.4 Å². The first-order valence-corrected chi connectivity index (χ1v) is 10.2. The molecule has 2 aromatic carbocycles. The minimum atomic E-state index is -1.20. The first kappa shape index (κ1) is 25.1. The van der Waals surface area contributed by atoms with Gasteiger partial charge in [0.15, 0.2) is 23.0 Å². The molecule has 0 aliphatic rings. The van der Waals surface area contributed by atoms with Crippen molar-refractivity contribution in [2.24, 2.45) is 0 Å². The largest absolute Gasteiger partial charge is 0.493 e. The Labute approximate surface area is 199 Å². The Hall–Kier alpha value is -4.54. The number of ether oxygens (including phenoxy) is 5. The summed E-state index contributed by atoms with van der Waals surface area (Å²) < 4.78 is 40.8. The number of H-pyrrole nitrogens is 1. The molecule has 0 saturated heterocycles. The van der Waals surface area contributed by atoms with Gasteiger partial charge in [-0.2, -0.15) is 4.39 Å². The van der Waals surface area contributed by atoms with E-state index in [1.54, 1.807) is 47.5 Å². The molecular formula is C24H23FN2O8. The van der Waals surface area contributed by atoms with Crippen molar-refractivity contribution in [3.05, 3.63) is 74.3 Å². The number of hydrogen-bond donors (Lipinski definition) is 1. The fourth-order valence-corrected chi connectivity index (χ4v) is 3.16. The first-order chi connectivity index (χ1) is 16.8. The van der Waals surface area contributed by atoms with Gasteiger partial charge in [0.05, 0.1) is 34.6 Å². The summed E-state index contributed by atoms with van der Waals surface area (Å²) in [5, 5.41) is 0. The highest BCUT2D eigenvalue weighted by Crippen LogP contribution is 2.38. The highest BCUT2D eigenvalue weighted by atomic mass is 19.1. The van der Waals surface area contributed by atoms with Crippen LogP contribution in [-0.4, -0.2) is 44.0 Å². The third kappa shape index (κ3) is 5.88. The molecule has 35 heavy (non-hydrogen) atoms. The second-order valence-electron chi connectivity index (χ2n) is 7.04. The second-order valence-corrected chi connectivity index (χ2v) is 7.04. The van der Waals surface area contributed by atoms with E-state index in [1.165, 1.54) is 28.4 Å². The Morgan fingerprint density at radius 3 is 2.09 bits per heavy atom. The molecule has 3 aromatic rings. The lowest BCUT2D eigenvalue weighted by molar-refractivity contribution is -0.135. The molecule has 0 spiro atoms. The predicted octanol–water partition coefficient (Wildman–Crippen LogP) is 2.49. The van der Waals surface area contributed by atoms with Gasteiger partial charge < -0.3 is 23.7 Å². The summed E-state index contributed by atoms with van der Waals surface area (Å²) in [5.74, 6) is -0.274. The van der Waals surface area contributed by atoms with E-state index in [1.807, 2.05) is 0 Å². The van der Waals surface area contributed by atoms with Gasteiger partial charge >= 0.3 is 11.7 Å². The Bertz CT molecular complexity index is 1350. The van der Waals surface area contributed by atoms with E-state index in [-0.39, 0.29) is 11.5 Å². The molecule has 1 heterocycles. The Morgan fingerprint density at radius 1 is 0.886 bits per heavy atom. The summed E-state index contributed by atoms with van der Waals surface area (Å²) in [4.78, 5) is 37.1. The van der Waals surface area contributed by atoms with Gasteiger partial charge in [0.1, 0.15) is 6.54 Å². The number of esters is 1. The van der Waals surface area contributed by atoms with Gasteiger partial charge in [0, 0.05) is 0 Å². The van der Waals surface area contributed by atoms with Gasteiger partial charge in [-0.15, -0.1) is 0 Å². The molecule has 1 aromatic heterocycles. The normalized spacial score (nSPS) is 10.8. The molecule has 0 aliphatic carbocycles. The third-order valence-corrected chi connectivity index (χ3v) is 4.83. The van der Waals surface area contributed by atoms with E-state index in [4.69, 9.17) is 23.7 Å². The molecular weight excluding hydrogens is 463 g/mol. The molecule has 0 radical (unpaired) electrons. The average Bonchev–Trinajstić information content (AvgIpc) is 2.85. The number of aromatic nitrogens is 2. The molecule has 1 N–H and O–H groups in total. The predicted molar refractivity (Wildman–Crippen MR) is 125 cm³/mol. The Morgan fingerprint density at radius 2 is 1.49 bits per heavy atom. The summed E-state index contributed by atoms with van der Waals surface area (Å²) in [7, 11) is 5.95. The number of aromatic amines is 1. The van der Waals surface area contributed by atoms with Gasteiger partial charge in [-0.25, -0.2) is 9.59 Å². The number of nitrogens with one attached hydrogen (secondary N) is 1. The fraction of sp³-hybridized carbons (Fsp3) is 0.208. The number of benzene rings is 2. The molecule has 3 rings (SSSR count). The van der Waals surface area contributed by atoms with Crippen molar-refractivity contribution < 1.29 is 32.9 Å². The molecule has 0 fully saturated rings. The van der Waals surface area contributed by atoms with E-state index in [0.29, 0.717) is 33.6 Å². The number of carbonyl (C=O) groups excluding carboxylic acids is 1. The summed E-state index contributed by atoms with van der Waals surface area (Å²) in [6.07, 6.45) is 4.19. The van der Waals surface area contributed by atoms with Crippen LogP contribution in [0.15, 0.2) is 46.1 Å². The van der Waals surface area contributed by atoms with E-state index < -0.39 is 29.6 Å². The quantitative estimate of drug-likeness (QED) is 0.279. The molecule has 11 heteroatoms. The van der Waals surface area contributed by atoms with E-state index in [2.05, 4.69) is 0 Å². The van der Waals surface area contributed by atoms with E-state index >= 15 is 0 Å². The number of halogens is 1. The SMILES string of the molecule is COc1ccc(/C=C\c2cc(OC)c(OC)c(OC)c2)cc1OC(=O)Cn1cc(F)c(=O)[nH]c1=O. The summed E-state index contributed by atoms with van der Waals surface area (Å²) in [5.41, 5.74) is -0.696. The van der Waals surface area contributed by atoms with Crippen molar-refractivity contribution in [1.82, 2.24) is 9.55 Å². The highest BCUT2D eigenvalue weighted by molar-refractivity contribution is 5.76. The minimum absolute atomic E-state index is 0.0856. The van der Waals surface area contributed by atoms with Gasteiger partial charge in [0.2, 0.25) is 11.6 Å². The maximum Gasteiger partial charge on any atom is 0.331 e. The van der Waals surface area contributed by atoms with Crippen LogP contribution in [-0.2, 0) is 11.3 Å². The molecule has 0 aliphatic heterocycles. The average molecular weight is 486 g/mol. The smallest absolute Gasteiger partial charge is 0.331 e. The lowest BCUT2D eigenvalue weighted by Gasteiger charge is -2.13. The fourth-order valence-electron chi connectivity index (χ4n) is 3.16. The molecule has 0 saturated carbocycles. The Kier molecular flexibility index (Phi) is 7.92. The molecule has 0 bridgehead atoms. The lowest BCUT2D eigenvalue weighted by Crippen LogP contribution is -2.34. The maximum atomic E-state index is 13.5. The van der Waals surface area contributed by atoms with Crippen LogP contribution in [0.5, 0.6) is 28.7 Å². The second kappa shape index (κ2) is 11.1. The van der Waals surface area contributed by atoms with Crippen molar-refractivity contribution in [2.45, 2.75) is 6.54 Å². The number of nitrogens with zero attached hydrogens (tertiary/aromatic N) is 1. The summed E-state index contributed by atoms with van der Waals surface area (Å²) in [6.45, 7) is -0.624. The number of rotatable bonds is 9. The van der Waals surface area contributed by atoms with Gasteiger partial charge in [-0.3, -0.25) is 14.3 Å². The van der Waals surface area contributed by atoms with Crippen LogP contribution >= 0.6 is 0 Å². The zero-order valence-corrected chi connectivity index (χ0v) is 19.4. The zero-order valence-electron chi connectivity index (χ0n) is 19.4. The van der Waals surface area contributed by atoms with Crippen LogP contribution in [0.3, 0.4) is 0 Å². The number of hydrogen-bond acceptors (Lipinski definition) is 8. The van der Waals surface area contributed by atoms with Crippen molar-refractivity contribution in [2.75, 3.05) is 28.4 Å².